The fraction of sp³-hybridized carbons (Fsp3) is 0.280. The van der Waals surface area contributed by atoms with Gasteiger partial charge in [0.05, 0.1) is 43.0 Å². The maximum atomic E-state index is 14.2. The second-order valence-electron chi connectivity index (χ2n) is 7.24. The third kappa shape index (κ3) is 6.16. The fourth-order valence-electron chi connectivity index (χ4n) is 3.52. The maximum absolute atomic E-state index is 14.2. The third-order valence-corrected chi connectivity index (χ3v) is 5.78. The van der Waals surface area contributed by atoms with Crippen molar-refractivity contribution in [3.8, 4) is 11.5 Å². The molecular formula is C25H28FN3O3S. The summed E-state index contributed by atoms with van der Waals surface area (Å²) in [4.78, 5) is 11.7. The molecule has 0 aliphatic heterocycles. The quantitative estimate of drug-likeness (QED) is 0.243. The Morgan fingerprint density at radius 3 is 2.55 bits per heavy atom. The lowest BCUT2D eigenvalue weighted by Crippen LogP contribution is -2.20. The molecule has 0 saturated heterocycles. The summed E-state index contributed by atoms with van der Waals surface area (Å²) in [5, 5.41) is 7.97. The molecule has 0 saturated carbocycles. The number of para-hydroxylation sites is 2. The maximum Gasteiger partial charge on any atom is 0.161 e. The van der Waals surface area contributed by atoms with Gasteiger partial charge in [-0.3, -0.25) is 0 Å². The molecule has 0 aliphatic rings. The second kappa shape index (κ2) is 12.1. The van der Waals surface area contributed by atoms with Crippen LogP contribution in [0, 0.1) is 10.7 Å². The molecule has 0 aliphatic carbocycles. The summed E-state index contributed by atoms with van der Waals surface area (Å²) in [6.07, 6.45) is 2.03. The molecule has 3 rings (SSSR count). The number of halogens is 1. The number of hydrogen-bond acceptors (Lipinski definition) is 6. The molecule has 1 unspecified atom stereocenters. The number of thioether (sulfide) groups is 1. The van der Waals surface area contributed by atoms with Gasteiger partial charge in [-0.15, -0.1) is 4.91 Å². The van der Waals surface area contributed by atoms with E-state index in [4.69, 9.17) is 9.47 Å². The molecular weight excluding hydrogens is 441 g/mol. The molecule has 33 heavy (non-hydrogen) atoms. The molecule has 0 amide bonds. The SMILES string of the molecule is CCOc1cc(C(CSC)Nc2ccccc2N(Cc2ccccc2F)N=O)ccc1OC. The number of nitrogens with zero attached hydrogens (tertiary/aromatic N) is 2. The van der Waals surface area contributed by atoms with E-state index in [-0.39, 0.29) is 18.4 Å². The summed E-state index contributed by atoms with van der Waals surface area (Å²) in [6, 6.07) is 19.5. The highest BCUT2D eigenvalue weighted by atomic mass is 32.2. The van der Waals surface area contributed by atoms with Gasteiger partial charge in [-0.2, -0.15) is 11.8 Å². The minimum atomic E-state index is -0.376. The van der Waals surface area contributed by atoms with Crippen molar-refractivity contribution in [2.75, 3.05) is 36.1 Å². The van der Waals surface area contributed by atoms with E-state index < -0.39 is 0 Å². The highest BCUT2D eigenvalue weighted by Crippen LogP contribution is 2.35. The highest BCUT2D eigenvalue weighted by Gasteiger charge is 2.19. The Bertz CT molecular complexity index is 1070. The van der Waals surface area contributed by atoms with Crippen LogP contribution in [0.1, 0.15) is 24.1 Å². The largest absolute Gasteiger partial charge is 0.493 e. The molecule has 1 atom stereocenters. The Labute approximate surface area is 198 Å². The molecule has 1 N–H and O–H groups in total. The van der Waals surface area contributed by atoms with Gasteiger partial charge in [0, 0.05) is 11.3 Å². The molecule has 3 aromatic carbocycles. The van der Waals surface area contributed by atoms with Crippen LogP contribution in [0.2, 0.25) is 0 Å². The number of ether oxygens (including phenoxy) is 2. The van der Waals surface area contributed by atoms with Gasteiger partial charge in [0.25, 0.3) is 0 Å². The molecule has 174 valence electrons. The van der Waals surface area contributed by atoms with E-state index in [1.165, 1.54) is 11.1 Å². The van der Waals surface area contributed by atoms with Crippen molar-refractivity contribution in [1.82, 2.24) is 0 Å². The van der Waals surface area contributed by atoms with E-state index in [9.17, 15) is 9.30 Å². The lowest BCUT2D eigenvalue weighted by Gasteiger charge is -2.25. The molecule has 8 heteroatoms. The molecule has 0 fully saturated rings. The van der Waals surface area contributed by atoms with Gasteiger partial charge in [-0.25, -0.2) is 9.40 Å². The minimum absolute atomic E-state index is 0.0269. The van der Waals surface area contributed by atoms with E-state index in [2.05, 4.69) is 10.6 Å². The minimum Gasteiger partial charge on any atom is -0.493 e. The van der Waals surface area contributed by atoms with Crippen molar-refractivity contribution in [3.05, 3.63) is 88.6 Å². The zero-order valence-electron chi connectivity index (χ0n) is 19.0. The number of benzene rings is 3. The molecule has 6 nitrogen and oxygen atoms in total. The Morgan fingerprint density at radius 2 is 1.85 bits per heavy atom. The lowest BCUT2D eigenvalue weighted by atomic mass is 10.1. The topological polar surface area (TPSA) is 63.2 Å². The van der Waals surface area contributed by atoms with Gasteiger partial charge >= 0.3 is 0 Å². The lowest BCUT2D eigenvalue weighted by molar-refractivity contribution is 0.310. The fourth-order valence-corrected chi connectivity index (χ4v) is 4.13. The predicted octanol–water partition coefficient (Wildman–Crippen LogP) is 6.44. The normalized spacial score (nSPS) is 11.5. The number of hydrogen-bond donors (Lipinski definition) is 1. The first-order chi connectivity index (χ1) is 16.1. The molecule has 0 heterocycles. The van der Waals surface area contributed by atoms with E-state index in [1.54, 1.807) is 43.1 Å². The van der Waals surface area contributed by atoms with Gasteiger partial charge in [0.1, 0.15) is 5.82 Å². The molecule has 0 aromatic heterocycles. The van der Waals surface area contributed by atoms with Gasteiger partial charge in [0.15, 0.2) is 11.5 Å². The van der Waals surface area contributed by atoms with E-state index >= 15 is 0 Å². The van der Waals surface area contributed by atoms with Crippen molar-refractivity contribution in [1.29, 1.82) is 0 Å². The Kier molecular flexibility index (Phi) is 8.95. The highest BCUT2D eigenvalue weighted by molar-refractivity contribution is 7.98. The van der Waals surface area contributed by atoms with Gasteiger partial charge in [-0.05, 0) is 49.1 Å². The monoisotopic (exact) mass is 469 g/mol. The van der Waals surface area contributed by atoms with Crippen molar-refractivity contribution in [2.24, 2.45) is 5.29 Å². The Morgan fingerprint density at radius 1 is 1.09 bits per heavy atom. The standard InChI is InChI=1S/C25H28FN3O3S/c1-4-32-25-15-18(13-14-24(25)31-2)22(17-33-3)27-21-11-7-8-12-23(21)29(28-30)16-19-9-5-6-10-20(19)26/h5-15,22,27H,4,16-17H2,1-3H3. The zero-order chi connectivity index (χ0) is 23.6. The number of methoxy groups -OCH3 is 1. The van der Waals surface area contributed by atoms with Gasteiger partial charge in [0.2, 0.25) is 0 Å². The van der Waals surface area contributed by atoms with Crippen LogP contribution in [-0.4, -0.2) is 25.7 Å². The Hall–Kier alpha value is -3.26. The van der Waals surface area contributed by atoms with Crippen LogP contribution >= 0.6 is 11.8 Å². The van der Waals surface area contributed by atoms with Crippen molar-refractivity contribution >= 4 is 23.1 Å². The zero-order valence-corrected chi connectivity index (χ0v) is 19.8. The molecule has 0 radical (unpaired) electrons. The van der Waals surface area contributed by atoms with Crippen LogP contribution in [-0.2, 0) is 6.54 Å². The first-order valence-electron chi connectivity index (χ1n) is 10.6. The molecule has 0 bridgehead atoms. The number of nitroso groups, excluding NO2 is 1. The smallest absolute Gasteiger partial charge is 0.161 e. The van der Waals surface area contributed by atoms with E-state index in [1.807, 2.05) is 49.6 Å². The van der Waals surface area contributed by atoms with Crippen LogP contribution in [0.4, 0.5) is 15.8 Å². The number of rotatable bonds is 12. The first kappa shape index (κ1) is 24.4. The molecule has 0 spiro atoms. The van der Waals surface area contributed by atoms with Crippen molar-refractivity contribution in [2.45, 2.75) is 19.5 Å². The Balaban J connectivity index is 1.92. The summed E-state index contributed by atoms with van der Waals surface area (Å²) in [7, 11) is 1.61. The summed E-state index contributed by atoms with van der Waals surface area (Å²) in [6.45, 7) is 2.48. The predicted molar refractivity (Wildman–Crippen MR) is 134 cm³/mol. The summed E-state index contributed by atoms with van der Waals surface area (Å²) < 4.78 is 25.3. The van der Waals surface area contributed by atoms with Gasteiger partial charge < -0.3 is 14.8 Å². The number of nitrogens with one attached hydrogen (secondary N) is 1. The van der Waals surface area contributed by atoms with Gasteiger partial charge in [-0.1, -0.05) is 36.4 Å². The average Bonchev–Trinajstić information content (AvgIpc) is 2.84. The summed E-state index contributed by atoms with van der Waals surface area (Å²) in [5.41, 5.74) is 2.70. The second-order valence-corrected chi connectivity index (χ2v) is 8.15. The van der Waals surface area contributed by atoms with Crippen LogP contribution in [0.25, 0.3) is 0 Å². The first-order valence-corrected chi connectivity index (χ1v) is 12.0. The number of anilines is 2. The van der Waals surface area contributed by atoms with Crippen molar-refractivity contribution in [3.63, 3.8) is 0 Å². The van der Waals surface area contributed by atoms with E-state index in [0.717, 1.165) is 17.0 Å². The third-order valence-electron chi connectivity index (χ3n) is 5.11. The summed E-state index contributed by atoms with van der Waals surface area (Å²) >= 11 is 1.69. The van der Waals surface area contributed by atoms with E-state index in [0.29, 0.717) is 29.4 Å². The van der Waals surface area contributed by atoms with Crippen LogP contribution < -0.4 is 19.8 Å². The van der Waals surface area contributed by atoms with Crippen LogP contribution in [0.5, 0.6) is 11.5 Å². The molecule has 3 aromatic rings. The van der Waals surface area contributed by atoms with Crippen LogP contribution in [0.3, 0.4) is 0 Å². The van der Waals surface area contributed by atoms with Crippen LogP contribution in [0.15, 0.2) is 72.0 Å². The summed E-state index contributed by atoms with van der Waals surface area (Å²) in [5.74, 6) is 1.74. The van der Waals surface area contributed by atoms with Crippen molar-refractivity contribution < 1.29 is 13.9 Å². The average molecular weight is 470 g/mol.